The van der Waals surface area contributed by atoms with Crippen LogP contribution in [0, 0.1) is 10.1 Å². The summed E-state index contributed by atoms with van der Waals surface area (Å²) < 4.78 is 0. The minimum atomic E-state index is -1.28. The van der Waals surface area contributed by atoms with Gasteiger partial charge in [0, 0.05) is 31.1 Å². The predicted molar refractivity (Wildman–Crippen MR) is 79.7 cm³/mol. The molecular formula is C15H14N2O6. The number of nitro benzene ring substituents is 1. The third-order valence-corrected chi connectivity index (χ3v) is 3.74. The maximum Gasteiger partial charge on any atom is 0.334 e. The largest absolute Gasteiger partial charge is 0.478 e. The number of rotatable bonds is 4. The zero-order chi connectivity index (χ0) is 17.3. The molecule has 0 saturated heterocycles. The molecule has 1 aromatic carbocycles. The Morgan fingerprint density at radius 1 is 1.26 bits per heavy atom. The van der Waals surface area contributed by atoms with Gasteiger partial charge in [-0.05, 0) is 12.5 Å². The third kappa shape index (κ3) is 2.91. The molecule has 0 radical (unpaired) electrons. The average molecular weight is 318 g/mol. The van der Waals surface area contributed by atoms with E-state index in [1.165, 1.54) is 35.4 Å². The van der Waals surface area contributed by atoms with Crippen LogP contribution in [-0.4, -0.2) is 39.0 Å². The van der Waals surface area contributed by atoms with Crippen molar-refractivity contribution in [2.24, 2.45) is 0 Å². The van der Waals surface area contributed by atoms with Crippen molar-refractivity contribution in [3.05, 3.63) is 63.0 Å². The highest BCUT2D eigenvalue weighted by Gasteiger charge is 2.36. The van der Waals surface area contributed by atoms with Crippen molar-refractivity contribution >= 4 is 17.6 Å². The molecule has 8 heteroatoms. The fourth-order valence-electron chi connectivity index (χ4n) is 2.56. The lowest BCUT2D eigenvalue weighted by molar-refractivity contribution is -0.384. The molecule has 8 nitrogen and oxygen atoms in total. The second-order valence-corrected chi connectivity index (χ2v) is 5.09. The number of hydrogen-bond donors (Lipinski definition) is 2. The van der Waals surface area contributed by atoms with Crippen LogP contribution in [-0.2, 0) is 9.59 Å². The third-order valence-electron chi connectivity index (χ3n) is 3.74. The van der Waals surface area contributed by atoms with E-state index in [0.29, 0.717) is 5.70 Å². The normalized spacial score (nSPS) is 17.7. The summed E-state index contributed by atoms with van der Waals surface area (Å²) in [6, 6.07) is 5.35. The minimum absolute atomic E-state index is 0.118. The van der Waals surface area contributed by atoms with Gasteiger partial charge < -0.3 is 15.1 Å². The van der Waals surface area contributed by atoms with Gasteiger partial charge in [-0.25, -0.2) is 9.59 Å². The first-order valence-electron chi connectivity index (χ1n) is 6.60. The fraction of sp³-hybridized carbons (Fsp3) is 0.200. The monoisotopic (exact) mass is 318 g/mol. The maximum atomic E-state index is 11.6. The molecule has 23 heavy (non-hydrogen) atoms. The number of carboxylic acids is 2. The van der Waals surface area contributed by atoms with Gasteiger partial charge in [-0.1, -0.05) is 12.1 Å². The van der Waals surface area contributed by atoms with E-state index in [1.807, 2.05) is 0 Å². The summed E-state index contributed by atoms with van der Waals surface area (Å²) >= 11 is 0. The number of carboxylic acid groups (broad SMARTS) is 2. The standard InChI is InChI=1S/C15H14N2O6/c1-8-12(15(20)21)13(11(14(18)19)7-16(8)2)9-4-3-5-10(6-9)17(22)23/h3-7,13H,1-2H3,(H,18,19)(H,20,21). The van der Waals surface area contributed by atoms with Crippen LogP contribution in [0.25, 0.3) is 0 Å². The number of non-ortho nitro benzene ring substituents is 1. The highest BCUT2D eigenvalue weighted by molar-refractivity contribution is 5.97. The number of hydrogen-bond acceptors (Lipinski definition) is 5. The van der Waals surface area contributed by atoms with Crippen molar-refractivity contribution in [1.82, 2.24) is 4.90 Å². The first kappa shape index (κ1) is 16.2. The van der Waals surface area contributed by atoms with E-state index in [4.69, 9.17) is 0 Å². The summed E-state index contributed by atoms with van der Waals surface area (Å²) in [4.78, 5) is 34.9. The Bertz CT molecular complexity index is 765. The van der Waals surface area contributed by atoms with Crippen LogP contribution in [0.2, 0.25) is 0 Å². The zero-order valence-electron chi connectivity index (χ0n) is 12.4. The molecule has 0 spiro atoms. The van der Waals surface area contributed by atoms with Crippen LogP contribution >= 0.6 is 0 Å². The summed E-state index contributed by atoms with van der Waals surface area (Å²) in [7, 11) is 1.55. The summed E-state index contributed by atoms with van der Waals surface area (Å²) in [5, 5.41) is 29.8. The smallest absolute Gasteiger partial charge is 0.334 e. The molecule has 0 fully saturated rings. The molecule has 2 N–H and O–H groups in total. The van der Waals surface area contributed by atoms with Gasteiger partial charge in [-0.15, -0.1) is 0 Å². The molecule has 1 aliphatic heterocycles. The van der Waals surface area contributed by atoms with E-state index < -0.39 is 22.8 Å². The molecule has 0 aliphatic carbocycles. The van der Waals surface area contributed by atoms with E-state index in [2.05, 4.69) is 0 Å². The van der Waals surface area contributed by atoms with E-state index in [1.54, 1.807) is 14.0 Å². The second kappa shape index (κ2) is 5.91. The van der Waals surface area contributed by atoms with Gasteiger partial charge in [0.2, 0.25) is 0 Å². The van der Waals surface area contributed by atoms with Gasteiger partial charge in [0.1, 0.15) is 0 Å². The lowest BCUT2D eigenvalue weighted by atomic mass is 9.81. The molecule has 2 rings (SSSR count). The van der Waals surface area contributed by atoms with Crippen LogP contribution in [0.5, 0.6) is 0 Å². The van der Waals surface area contributed by atoms with Gasteiger partial charge in [0.25, 0.3) is 5.69 Å². The van der Waals surface area contributed by atoms with Crippen LogP contribution in [0.3, 0.4) is 0 Å². The van der Waals surface area contributed by atoms with Gasteiger partial charge >= 0.3 is 11.9 Å². The SMILES string of the molecule is CC1=C(C(=O)O)C(c2cccc([N+](=O)[O-])c2)C(C(=O)O)=CN1C. The maximum absolute atomic E-state index is 11.6. The lowest BCUT2D eigenvalue weighted by Crippen LogP contribution is -2.29. The Labute approximate surface area is 131 Å². The average Bonchev–Trinajstić information content (AvgIpc) is 2.48. The Kier molecular flexibility index (Phi) is 4.17. The summed E-state index contributed by atoms with van der Waals surface area (Å²) in [5.41, 5.74) is 0.120. The number of nitrogens with zero attached hydrogens (tertiary/aromatic N) is 2. The first-order valence-corrected chi connectivity index (χ1v) is 6.60. The topological polar surface area (TPSA) is 121 Å². The highest BCUT2D eigenvalue weighted by Crippen LogP contribution is 2.39. The Balaban J connectivity index is 2.69. The van der Waals surface area contributed by atoms with Crippen LogP contribution in [0.1, 0.15) is 18.4 Å². The lowest BCUT2D eigenvalue weighted by Gasteiger charge is -2.30. The number of aliphatic carboxylic acids is 2. The van der Waals surface area contributed by atoms with Gasteiger partial charge in [0.05, 0.1) is 22.0 Å². The number of nitro groups is 1. The summed E-state index contributed by atoms with van der Waals surface area (Å²) in [6.07, 6.45) is 1.33. The van der Waals surface area contributed by atoms with Crippen molar-refractivity contribution in [2.75, 3.05) is 7.05 Å². The predicted octanol–water partition coefficient (Wildman–Crippen LogP) is 1.95. The Morgan fingerprint density at radius 3 is 2.43 bits per heavy atom. The first-order chi connectivity index (χ1) is 10.7. The zero-order valence-corrected chi connectivity index (χ0v) is 12.4. The molecule has 1 unspecified atom stereocenters. The minimum Gasteiger partial charge on any atom is -0.478 e. The van der Waals surface area contributed by atoms with Gasteiger partial charge in [-0.3, -0.25) is 10.1 Å². The van der Waals surface area contributed by atoms with E-state index >= 15 is 0 Å². The second-order valence-electron chi connectivity index (χ2n) is 5.09. The van der Waals surface area contributed by atoms with Crippen LogP contribution in [0.15, 0.2) is 47.3 Å². The molecular weight excluding hydrogens is 304 g/mol. The van der Waals surface area contributed by atoms with E-state index in [-0.39, 0.29) is 22.4 Å². The van der Waals surface area contributed by atoms with Crippen LogP contribution in [0.4, 0.5) is 5.69 Å². The summed E-state index contributed by atoms with van der Waals surface area (Å²) in [6.45, 7) is 1.56. The molecule has 0 bridgehead atoms. The molecule has 0 amide bonds. The molecule has 0 aromatic heterocycles. The molecule has 1 aliphatic rings. The van der Waals surface area contributed by atoms with Crippen molar-refractivity contribution in [1.29, 1.82) is 0 Å². The Hall–Kier alpha value is -3.16. The number of carbonyl (C=O) groups is 2. The Morgan fingerprint density at radius 2 is 1.91 bits per heavy atom. The molecule has 120 valence electrons. The van der Waals surface area contributed by atoms with Crippen molar-refractivity contribution < 1.29 is 24.7 Å². The fourth-order valence-corrected chi connectivity index (χ4v) is 2.56. The van der Waals surface area contributed by atoms with Gasteiger partial charge in [0.15, 0.2) is 0 Å². The molecule has 1 aromatic rings. The van der Waals surface area contributed by atoms with E-state index in [9.17, 15) is 29.9 Å². The molecule has 1 atom stereocenters. The van der Waals surface area contributed by atoms with Crippen molar-refractivity contribution in [2.45, 2.75) is 12.8 Å². The quantitative estimate of drug-likeness (QED) is 0.642. The van der Waals surface area contributed by atoms with Crippen molar-refractivity contribution in [3.63, 3.8) is 0 Å². The number of allylic oxidation sites excluding steroid dienone is 1. The highest BCUT2D eigenvalue weighted by atomic mass is 16.6. The van der Waals surface area contributed by atoms with E-state index in [0.717, 1.165) is 0 Å². The molecule has 0 saturated carbocycles. The molecule has 1 heterocycles. The number of benzene rings is 1. The summed E-state index contributed by atoms with van der Waals surface area (Å²) in [5.74, 6) is -3.63. The van der Waals surface area contributed by atoms with Gasteiger partial charge in [-0.2, -0.15) is 0 Å². The van der Waals surface area contributed by atoms with Crippen molar-refractivity contribution in [3.8, 4) is 0 Å². The van der Waals surface area contributed by atoms with Crippen LogP contribution < -0.4 is 0 Å².